The molecule has 1 heterocycles. The number of rotatable bonds is 2. The molecule has 1 aromatic rings. The summed E-state index contributed by atoms with van der Waals surface area (Å²) in [5, 5.41) is 3.27. The number of nitrogens with one attached hydrogen (secondary N) is 1. The molecule has 1 N–H and O–H groups in total. The molecular weight excluding hydrogens is 334 g/mol. The Labute approximate surface area is 115 Å². The highest BCUT2D eigenvalue weighted by Gasteiger charge is 2.21. The predicted molar refractivity (Wildman–Crippen MR) is 74.4 cm³/mol. The van der Waals surface area contributed by atoms with Crippen molar-refractivity contribution in [1.29, 1.82) is 0 Å². The molecule has 1 aliphatic heterocycles. The van der Waals surface area contributed by atoms with Crippen molar-refractivity contribution in [3.05, 3.63) is 34.3 Å². The van der Waals surface area contributed by atoms with E-state index in [4.69, 9.17) is 0 Å². The number of halogens is 2. The van der Waals surface area contributed by atoms with Crippen LogP contribution in [0.3, 0.4) is 0 Å². The summed E-state index contributed by atoms with van der Waals surface area (Å²) in [6.07, 6.45) is 1.93. The zero-order valence-electron chi connectivity index (χ0n) is 8.91. The largest absolute Gasteiger partial charge is 0.317 e. The second kappa shape index (κ2) is 6.52. The normalized spacial score (nSPS) is 16.6. The van der Waals surface area contributed by atoms with E-state index < -0.39 is 0 Å². The lowest BCUT2D eigenvalue weighted by Gasteiger charge is -2.21. The van der Waals surface area contributed by atoms with Gasteiger partial charge in [0.05, 0.1) is 0 Å². The first kappa shape index (κ1) is 13.9. The molecule has 1 aliphatic rings. The molecule has 16 heavy (non-hydrogen) atoms. The van der Waals surface area contributed by atoms with E-state index in [1.807, 2.05) is 24.3 Å². The molecule has 0 spiro atoms. The van der Waals surface area contributed by atoms with Gasteiger partial charge in [0.1, 0.15) is 0 Å². The number of benzene rings is 1. The van der Waals surface area contributed by atoms with Gasteiger partial charge in [-0.25, -0.2) is 0 Å². The van der Waals surface area contributed by atoms with Crippen LogP contribution in [0.1, 0.15) is 23.2 Å². The van der Waals surface area contributed by atoms with Gasteiger partial charge in [-0.3, -0.25) is 4.79 Å². The summed E-state index contributed by atoms with van der Waals surface area (Å²) in [4.78, 5) is 12.1. The van der Waals surface area contributed by atoms with Gasteiger partial charge in [-0.2, -0.15) is 0 Å². The first-order chi connectivity index (χ1) is 7.27. The van der Waals surface area contributed by atoms with Crippen molar-refractivity contribution < 1.29 is 4.79 Å². The van der Waals surface area contributed by atoms with Gasteiger partial charge in [0, 0.05) is 16.0 Å². The minimum atomic E-state index is 0. The quantitative estimate of drug-likeness (QED) is 0.831. The van der Waals surface area contributed by atoms with Crippen molar-refractivity contribution >= 4 is 38.7 Å². The fourth-order valence-electron chi connectivity index (χ4n) is 1.93. The molecule has 0 bridgehead atoms. The third-order valence-corrected chi connectivity index (χ3v) is 3.37. The fraction of sp³-hybridized carbons (Fsp3) is 0.417. The highest BCUT2D eigenvalue weighted by atomic mass is 79.9. The molecule has 1 fully saturated rings. The van der Waals surface area contributed by atoms with Crippen molar-refractivity contribution in [3.63, 3.8) is 0 Å². The van der Waals surface area contributed by atoms with Gasteiger partial charge in [0.15, 0.2) is 5.78 Å². The minimum absolute atomic E-state index is 0. The molecule has 1 saturated heterocycles. The minimum Gasteiger partial charge on any atom is -0.317 e. The maximum Gasteiger partial charge on any atom is 0.166 e. The molecule has 88 valence electrons. The Balaban J connectivity index is 0.00000128. The Bertz CT molecular complexity index is 345. The SMILES string of the molecule is Br.O=C(c1ccc(Br)cc1)C1CCNCC1. The maximum absolute atomic E-state index is 12.1. The van der Waals surface area contributed by atoms with Crippen molar-refractivity contribution in [1.82, 2.24) is 5.32 Å². The topological polar surface area (TPSA) is 29.1 Å². The monoisotopic (exact) mass is 347 g/mol. The first-order valence-electron chi connectivity index (χ1n) is 5.28. The second-order valence-electron chi connectivity index (χ2n) is 3.90. The zero-order chi connectivity index (χ0) is 10.7. The molecule has 0 amide bonds. The third-order valence-electron chi connectivity index (χ3n) is 2.84. The lowest BCUT2D eigenvalue weighted by Crippen LogP contribution is -2.31. The summed E-state index contributed by atoms with van der Waals surface area (Å²) in [5.74, 6) is 0.511. The Kier molecular flexibility index (Phi) is 5.66. The number of hydrogen-bond donors (Lipinski definition) is 1. The molecule has 2 nitrogen and oxygen atoms in total. The standard InChI is InChI=1S/C12H14BrNO.BrH/c13-11-3-1-9(2-4-11)12(15)10-5-7-14-8-6-10;/h1-4,10,14H,5-8H2;1H. The van der Waals surface area contributed by atoms with Crippen LogP contribution >= 0.6 is 32.9 Å². The van der Waals surface area contributed by atoms with Gasteiger partial charge in [0.2, 0.25) is 0 Å². The number of carbonyl (C=O) groups is 1. The van der Waals surface area contributed by atoms with E-state index in [0.29, 0.717) is 5.78 Å². The van der Waals surface area contributed by atoms with Crippen LogP contribution in [-0.4, -0.2) is 18.9 Å². The van der Waals surface area contributed by atoms with Gasteiger partial charge >= 0.3 is 0 Å². The Morgan fingerprint density at radius 2 is 1.75 bits per heavy atom. The predicted octanol–water partition coefficient (Wildman–Crippen LogP) is 3.21. The Morgan fingerprint density at radius 1 is 1.19 bits per heavy atom. The van der Waals surface area contributed by atoms with E-state index in [-0.39, 0.29) is 22.9 Å². The summed E-state index contributed by atoms with van der Waals surface area (Å²) in [6.45, 7) is 1.93. The fourth-order valence-corrected chi connectivity index (χ4v) is 2.20. The number of Topliss-reactive ketones (excluding diaryl/α,β-unsaturated/α-hetero) is 1. The molecular formula is C12H15Br2NO. The Hall–Kier alpha value is -0.190. The summed E-state index contributed by atoms with van der Waals surface area (Å²) >= 11 is 3.37. The number of piperidine rings is 1. The van der Waals surface area contributed by atoms with Crippen LogP contribution in [0.15, 0.2) is 28.7 Å². The van der Waals surface area contributed by atoms with Gasteiger partial charge in [-0.15, -0.1) is 17.0 Å². The van der Waals surface area contributed by atoms with Crippen LogP contribution in [-0.2, 0) is 0 Å². The average molecular weight is 349 g/mol. The van der Waals surface area contributed by atoms with E-state index in [0.717, 1.165) is 36.0 Å². The van der Waals surface area contributed by atoms with E-state index in [2.05, 4.69) is 21.2 Å². The third kappa shape index (κ3) is 3.40. The summed E-state index contributed by atoms with van der Waals surface area (Å²) in [6, 6.07) is 7.64. The molecule has 0 radical (unpaired) electrons. The highest BCUT2D eigenvalue weighted by Crippen LogP contribution is 2.19. The summed E-state index contributed by atoms with van der Waals surface area (Å²) in [5.41, 5.74) is 0.838. The highest BCUT2D eigenvalue weighted by molar-refractivity contribution is 9.10. The molecule has 0 unspecified atom stereocenters. The van der Waals surface area contributed by atoms with Gasteiger partial charge in [-0.05, 0) is 38.1 Å². The van der Waals surface area contributed by atoms with Crippen LogP contribution in [0, 0.1) is 5.92 Å². The van der Waals surface area contributed by atoms with Crippen molar-refractivity contribution in [2.75, 3.05) is 13.1 Å². The first-order valence-corrected chi connectivity index (χ1v) is 6.07. The zero-order valence-corrected chi connectivity index (χ0v) is 12.2. The van der Waals surface area contributed by atoms with Crippen LogP contribution < -0.4 is 5.32 Å². The number of carbonyl (C=O) groups excluding carboxylic acids is 1. The molecule has 0 atom stereocenters. The van der Waals surface area contributed by atoms with Crippen LogP contribution in [0.25, 0.3) is 0 Å². The maximum atomic E-state index is 12.1. The summed E-state index contributed by atoms with van der Waals surface area (Å²) < 4.78 is 1.02. The van der Waals surface area contributed by atoms with Crippen LogP contribution in [0.5, 0.6) is 0 Å². The van der Waals surface area contributed by atoms with E-state index in [1.165, 1.54) is 0 Å². The van der Waals surface area contributed by atoms with Gasteiger partial charge in [-0.1, -0.05) is 28.1 Å². The second-order valence-corrected chi connectivity index (χ2v) is 4.81. The summed E-state index contributed by atoms with van der Waals surface area (Å²) in [7, 11) is 0. The van der Waals surface area contributed by atoms with Crippen molar-refractivity contribution in [2.45, 2.75) is 12.8 Å². The molecule has 2 rings (SSSR count). The van der Waals surface area contributed by atoms with Crippen molar-refractivity contribution in [3.8, 4) is 0 Å². The lowest BCUT2D eigenvalue weighted by atomic mass is 9.90. The molecule has 1 aromatic carbocycles. The van der Waals surface area contributed by atoms with Crippen LogP contribution in [0.4, 0.5) is 0 Å². The van der Waals surface area contributed by atoms with Crippen LogP contribution in [0.2, 0.25) is 0 Å². The average Bonchev–Trinajstić information content (AvgIpc) is 2.30. The molecule has 0 saturated carbocycles. The Morgan fingerprint density at radius 3 is 2.31 bits per heavy atom. The van der Waals surface area contributed by atoms with Gasteiger partial charge < -0.3 is 5.32 Å². The van der Waals surface area contributed by atoms with E-state index in [9.17, 15) is 4.79 Å². The lowest BCUT2D eigenvalue weighted by molar-refractivity contribution is 0.0895. The number of ketones is 1. The molecule has 4 heteroatoms. The van der Waals surface area contributed by atoms with Gasteiger partial charge in [0.25, 0.3) is 0 Å². The molecule has 0 aromatic heterocycles. The van der Waals surface area contributed by atoms with Crippen molar-refractivity contribution in [2.24, 2.45) is 5.92 Å². The van der Waals surface area contributed by atoms with E-state index >= 15 is 0 Å². The number of hydrogen-bond acceptors (Lipinski definition) is 2. The smallest absolute Gasteiger partial charge is 0.166 e. The van der Waals surface area contributed by atoms with E-state index in [1.54, 1.807) is 0 Å². The molecule has 0 aliphatic carbocycles.